The van der Waals surface area contributed by atoms with Crippen molar-refractivity contribution >= 4 is 11.9 Å². The first-order valence-corrected chi connectivity index (χ1v) is 10.2. The fourth-order valence-corrected chi connectivity index (χ4v) is 3.17. The van der Waals surface area contributed by atoms with Gasteiger partial charge in [0.05, 0.1) is 5.56 Å². The van der Waals surface area contributed by atoms with Crippen molar-refractivity contribution in [3.8, 4) is 11.1 Å². The Morgan fingerprint density at radius 1 is 0.800 bits per heavy atom. The first kappa shape index (κ1) is 21.3. The Morgan fingerprint density at radius 2 is 1.37 bits per heavy atom. The van der Waals surface area contributed by atoms with Gasteiger partial charge < -0.3 is 10.1 Å². The fraction of sp³-hybridized carbons (Fsp3) is 0.231. The number of amides is 1. The zero-order valence-corrected chi connectivity index (χ0v) is 17.4. The molecule has 0 radical (unpaired) electrons. The lowest BCUT2D eigenvalue weighted by molar-refractivity contribution is -0.129. The van der Waals surface area contributed by atoms with Crippen LogP contribution in [-0.2, 0) is 16.0 Å². The molecule has 0 fully saturated rings. The van der Waals surface area contributed by atoms with Gasteiger partial charge in [-0.1, -0.05) is 72.8 Å². The Kier molecular flexibility index (Phi) is 7.39. The molecule has 30 heavy (non-hydrogen) atoms. The molecule has 0 saturated carbocycles. The van der Waals surface area contributed by atoms with Crippen molar-refractivity contribution in [2.45, 2.75) is 38.8 Å². The van der Waals surface area contributed by atoms with E-state index in [2.05, 4.69) is 17.4 Å². The van der Waals surface area contributed by atoms with E-state index in [9.17, 15) is 9.59 Å². The third-order valence-electron chi connectivity index (χ3n) is 4.98. The molecular formula is C26H27NO3. The Balaban J connectivity index is 1.49. The number of aryl methyl sites for hydroxylation is 1. The van der Waals surface area contributed by atoms with Gasteiger partial charge in [-0.2, -0.15) is 0 Å². The molecule has 0 aliphatic rings. The molecule has 154 valence electrons. The van der Waals surface area contributed by atoms with Gasteiger partial charge in [-0.15, -0.1) is 0 Å². The molecule has 2 atom stereocenters. The van der Waals surface area contributed by atoms with Crippen LogP contribution < -0.4 is 5.32 Å². The van der Waals surface area contributed by atoms with E-state index in [1.54, 1.807) is 19.1 Å². The van der Waals surface area contributed by atoms with Gasteiger partial charge in [-0.05, 0) is 55.5 Å². The highest BCUT2D eigenvalue weighted by Crippen LogP contribution is 2.19. The summed E-state index contributed by atoms with van der Waals surface area (Å²) in [6.45, 7) is 3.55. The highest BCUT2D eigenvalue weighted by Gasteiger charge is 2.20. The average molecular weight is 402 g/mol. The van der Waals surface area contributed by atoms with Gasteiger partial charge in [0, 0.05) is 6.04 Å². The fourth-order valence-electron chi connectivity index (χ4n) is 3.17. The van der Waals surface area contributed by atoms with Crippen LogP contribution in [0.4, 0.5) is 0 Å². The van der Waals surface area contributed by atoms with Crippen LogP contribution >= 0.6 is 0 Å². The highest BCUT2D eigenvalue weighted by atomic mass is 16.5. The molecule has 0 aliphatic carbocycles. The van der Waals surface area contributed by atoms with Crippen LogP contribution in [0.15, 0.2) is 84.9 Å². The predicted molar refractivity (Wildman–Crippen MR) is 119 cm³/mol. The number of ether oxygens (including phenoxy) is 1. The van der Waals surface area contributed by atoms with Crippen LogP contribution in [0.3, 0.4) is 0 Å². The first-order chi connectivity index (χ1) is 14.5. The van der Waals surface area contributed by atoms with E-state index in [4.69, 9.17) is 4.74 Å². The molecule has 0 bridgehead atoms. The van der Waals surface area contributed by atoms with Gasteiger partial charge in [0.1, 0.15) is 0 Å². The SMILES string of the molecule is C[C@H](CCc1ccccc1)NC(=O)[C@@H](C)OC(=O)c1ccc(-c2ccccc2)cc1. The second kappa shape index (κ2) is 10.4. The van der Waals surface area contributed by atoms with Gasteiger partial charge in [-0.25, -0.2) is 4.79 Å². The van der Waals surface area contributed by atoms with Crippen molar-refractivity contribution in [1.29, 1.82) is 0 Å². The Bertz CT molecular complexity index is 953. The van der Waals surface area contributed by atoms with Gasteiger partial charge >= 0.3 is 5.97 Å². The van der Waals surface area contributed by atoms with Crippen LogP contribution in [0.2, 0.25) is 0 Å². The lowest BCUT2D eigenvalue weighted by Crippen LogP contribution is -2.41. The molecule has 4 heteroatoms. The number of rotatable bonds is 8. The maximum Gasteiger partial charge on any atom is 0.338 e. The van der Waals surface area contributed by atoms with E-state index in [1.165, 1.54) is 5.56 Å². The number of carbonyl (C=O) groups is 2. The van der Waals surface area contributed by atoms with Crippen molar-refractivity contribution in [2.75, 3.05) is 0 Å². The summed E-state index contributed by atoms with van der Waals surface area (Å²) in [5.74, 6) is -0.793. The van der Waals surface area contributed by atoms with Gasteiger partial charge in [-0.3, -0.25) is 4.79 Å². The molecule has 0 aromatic heterocycles. The normalized spacial score (nSPS) is 12.6. The Labute approximate surface area is 177 Å². The summed E-state index contributed by atoms with van der Waals surface area (Å²) in [4.78, 5) is 24.8. The van der Waals surface area contributed by atoms with E-state index in [1.807, 2.05) is 67.6 Å². The predicted octanol–water partition coefficient (Wildman–Crippen LogP) is 5.04. The first-order valence-electron chi connectivity index (χ1n) is 10.2. The monoisotopic (exact) mass is 401 g/mol. The lowest BCUT2D eigenvalue weighted by Gasteiger charge is -2.18. The number of esters is 1. The zero-order valence-electron chi connectivity index (χ0n) is 17.4. The summed E-state index contributed by atoms with van der Waals surface area (Å²) in [6, 6.07) is 27.3. The molecule has 0 unspecified atom stereocenters. The lowest BCUT2D eigenvalue weighted by atomic mass is 10.0. The summed E-state index contributed by atoms with van der Waals surface area (Å²) in [6.07, 6.45) is 0.840. The maximum atomic E-state index is 12.4. The van der Waals surface area contributed by atoms with Crippen molar-refractivity contribution in [3.63, 3.8) is 0 Å². The standard InChI is InChI=1S/C26H27NO3/c1-19(13-14-21-9-5-3-6-10-21)27-25(28)20(2)30-26(29)24-17-15-23(16-18-24)22-11-7-4-8-12-22/h3-12,15-20H,13-14H2,1-2H3,(H,27,28)/t19-,20-/m1/s1. The van der Waals surface area contributed by atoms with Crippen molar-refractivity contribution in [1.82, 2.24) is 5.32 Å². The molecule has 3 aromatic rings. The summed E-state index contributed by atoms with van der Waals surface area (Å²) < 4.78 is 5.36. The molecular weight excluding hydrogens is 374 g/mol. The Morgan fingerprint density at radius 3 is 2.00 bits per heavy atom. The number of hydrogen-bond donors (Lipinski definition) is 1. The summed E-state index contributed by atoms with van der Waals surface area (Å²) in [7, 11) is 0. The number of hydrogen-bond acceptors (Lipinski definition) is 3. The minimum atomic E-state index is -0.856. The third-order valence-corrected chi connectivity index (χ3v) is 4.98. The van der Waals surface area contributed by atoms with Crippen molar-refractivity contribution in [2.24, 2.45) is 0 Å². The highest BCUT2D eigenvalue weighted by molar-refractivity contribution is 5.92. The minimum absolute atomic E-state index is 0.0102. The molecule has 0 saturated heterocycles. The van der Waals surface area contributed by atoms with E-state index in [-0.39, 0.29) is 11.9 Å². The van der Waals surface area contributed by atoms with Gasteiger partial charge in [0.2, 0.25) is 0 Å². The van der Waals surface area contributed by atoms with Gasteiger partial charge in [0.15, 0.2) is 6.10 Å². The van der Waals surface area contributed by atoms with Crippen LogP contribution in [0, 0.1) is 0 Å². The van der Waals surface area contributed by atoms with Crippen molar-refractivity contribution < 1.29 is 14.3 Å². The smallest absolute Gasteiger partial charge is 0.338 e. The second-order valence-corrected chi connectivity index (χ2v) is 7.42. The van der Waals surface area contributed by atoms with Crippen LogP contribution in [0.1, 0.15) is 36.2 Å². The summed E-state index contributed by atoms with van der Waals surface area (Å²) in [5, 5.41) is 2.92. The molecule has 0 aliphatic heterocycles. The number of carbonyl (C=O) groups excluding carboxylic acids is 2. The molecule has 1 amide bonds. The summed E-state index contributed by atoms with van der Waals surface area (Å²) >= 11 is 0. The molecule has 0 spiro atoms. The quantitative estimate of drug-likeness (QED) is 0.538. The third kappa shape index (κ3) is 6.05. The number of nitrogens with one attached hydrogen (secondary N) is 1. The topological polar surface area (TPSA) is 55.4 Å². The van der Waals surface area contributed by atoms with E-state index < -0.39 is 12.1 Å². The maximum absolute atomic E-state index is 12.4. The Hall–Kier alpha value is -3.40. The van der Waals surface area contributed by atoms with E-state index in [0.717, 1.165) is 24.0 Å². The van der Waals surface area contributed by atoms with Crippen LogP contribution in [0.5, 0.6) is 0 Å². The second-order valence-electron chi connectivity index (χ2n) is 7.42. The van der Waals surface area contributed by atoms with E-state index >= 15 is 0 Å². The minimum Gasteiger partial charge on any atom is -0.449 e. The van der Waals surface area contributed by atoms with Crippen LogP contribution in [-0.4, -0.2) is 24.0 Å². The average Bonchev–Trinajstić information content (AvgIpc) is 2.79. The molecule has 4 nitrogen and oxygen atoms in total. The molecule has 3 aromatic carbocycles. The van der Waals surface area contributed by atoms with Crippen LogP contribution in [0.25, 0.3) is 11.1 Å². The molecule has 1 N–H and O–H groups in total. The summed E-state index contributed by atoms with van der Waals surface area (Å²) in [5.41, 5.74) is 3.75. The molecule has 0 heterocycles. The zero-order chi connectivity index (χ0) is 21.3. The van der Waals surface area contributed by atoms with Gasteiger partial charge in [0.25, 0.3) is 5.91 Å². The van der Waals surface area contributed by atoms with E-state index in [0.29, 0.717) is 5.56 Å². The largest absolute Gasteiger partial charge is 0.449 e. The molecule has 3 rings (SSSR count). The number of benzene rings is 3. The van der Waals surface area contributed by atoms with Crippen molar-refractivity contribution in [3.05, 3.63) is 96.1 Å².